The minimum absolute atomic E-state index is 0.167. The topological polar surface area (TPSA) is 39.1 Å². The molecule has 6 heteroatoms. The van der Waals surface area contributed by atoms with Crippen LogP contribution in [0, 0.1) is 6.92 Å². The summed E-state index contributed by atoms with van der Waals surface area (Å²) >= 11 is 7.26. The molecule has 0 spiro atoms. The standard InChI is InChI=1S/C15H19Br2N3O/c1-9-15(17)14(20(3)19-9)8-13(18-2)11-7-10(21-4)5-6-12(11)16/h5-7,13,18H,8H2,1-4H3. The van der Waals surface area contributed by atoms with Crippen LogP contribution in [0.4, 0.5) is 0 Å². The molecule has 0 amide bonds. The molecule has 0 saturated heterocycles. The normalized spacial score (nSPS) is 12.5. The Morgan fingerprint density at radius 2 is 2.10 bits per heavy atom. The van der Waals surface area contributed by atoms with Crippen molar-refractivity contribution in [1.82, 2.24) is 15.1 Å². The quantitative estimate of drug-likeness (QED) is 0.806. The third-order valence-corrected chi connectivity index (χ3v) is 5.34. The number of aromatic nitrogens is 2. The molecule has 114 valence electrons. The lowest BCUT2D eigenvalue weighted by atomic mass is 10.0. The molecule has 0 bridgehead atoms. The molecule has 2 rings (SSSR count). The number of nitrogens with one attached hydrogen (secondary N) is 1. The highest BCUT2D eigenvalue weighted by atomic mass is 79.9. The Balaban J connectivity index is 2.36. The molecule has 1 aromatic carbocycles. The number of hydrogen-bond acceptors (Lipinski definition) is 3. The average molecular weight is 417 g/mol. The van der Waals surface area contributed by atoms with Gasteiger partial charge in [-0.2, -0.15) is 5.10 Å². The first-order valence-corrected chi connectivity index (χ1v) is 8.25. The van der Waals surface area contributed by atoms with Crippen LogP contribution >= 0.6 is 31.9 Å². The van der Waals surface area contributed by atoms with Crippen molar-refractivity contribution >= 4 is 31.9 Å². The number of halogens is 2. The molecule has 1 heterocycles. The summed E-state index contributed by atoms with van der Waals surface area (Å²) in [5.41, 5.74) is 3.34. The molecule has 0 fully saturated rings. The fourth-order valence-corrected chi connectivity index (χ4v) is 3.40. The zero-order chi connectivity index (χ0) is 15.6. The smallest absolute Gasteiger partial charge is 0.119 e. The number of rotatable bonds is 5. The summed E-state index contributed by atoms with van der Waals surface area (Å²) in [4.78, 5) is 0. The predicted octanol–water partition coefficient (Wildman–Crippen LogP) is 3.77. The van der Waals surface area contributed by atoms with E-state index in [4.69, 9.17) is 4.74 Å². The summed E-state index contributed by atoms with van der Waals surface area (Å²) in [6, 6.07) is 6.19. The Kier molecular flexibility index (Phi) is 5.46. The molecule has 0 aliphatic heterocycles. The van der Waals surface area contributed by atoms with E-state index in [2.05, 4.69) is 48.3 Å². The average Bonchev–Trinajstić information content (AvgIpc) is 2.71. The Bertz CT molecular complexity index is 640. The van der Waals surface area contributed by atoms with Crippen LogP contribution in [0.5, 0.6) is 5.75 Å². The van der Waals surface area contributed by atoms with Gasteiger partial charge in [0.05, 0.1) is 23.0 Å². The minimum atomic E-state index is 0.167. The second-order valence-electron chi connectivity index (χ2n) is 4.90. The van der Waals surface area contributed by atoms with Crippen molar-refractivity contribution in [3.05, 3.63) is 44.1 Å². The number of benzene rings is 1. The van der Waals surface area contributed by atoms with Gasteiger partial charge in [-0.05, 0) is 53.7 Å². The molecule has 21 heavy (non-hydrogen) atoms. The van der Waals surface area contributed by atoms with Crippen LogP contribution in [-0.2, 0) is 13.5 Å². The van der Waals surface area contributed by atoms with Crippen LogP contribution in [-0.4, -0.2) is 23.9 Å². The first-order chi connectivity index (χ1) is 9.97. The minimum Gasteiger partial charge on any atom is -0.497 e. The predicted molar refractivity (Wildman–Crippen MR) is 91.8 cm³/mol. The first kappa shape index (κ1) is 16.5. The van der Waals surface area contributed by atoms with E-state index in [-0.39, 0.29) is 6.04 Å². The fraction of sp³-hybridized carbons (Fsp3) is 0.400. The molecule has 0 radical (unpaired) electrons. The van der Waals surface area contributed by atoms with Gasteiger partial charge in [-0.3, -0.25) is 4.68 Å². The summed E-state index contributed by atoms with van der Waals surface area (Å²) in [5, 5.41) is 7.83. The van der Waals surface area contributed by atoms with Gasteiger partial charge in [0.15, 0.2) is 0 Å². The van der Waals surface area contributed by atoms with E-state index in [0.29, 0.717) is 0 Å². The molecular formula is C15H19Br2N3O. The summed E-state index contributed by atoms with van der Waals surface area (Å²) in [5.74, 6) is 0.855. The Hall–Kier alpha value is -0.850. The molecular weight excluding hydrogens is 398 g/mol. The zero-order valence-electron chi connectivity index (χ0n) is 12.6. The van der Waals surface area contributed by atoms with E-state index < -0.39 is 0 Å². The lowest BCUT2D eigenvalue weighted by Crippen LogP contribution is -2.21. The van der Waals surface area contributed by atoms with Crippen LogP contribution in [0.15, 0.2) is 27.1 Å². The van der Waals surface area contributed by atoms with E-state index in [0.717, 1.165) is 26.8 Å². The van der Waals surface area contributed by atoms with Gasteiger partial charge in [-0.25, -0.2) is 0 Å². The monoisotopic (exact) mass is 415 g/mol. The number of likely N-dealkylation sites (N-methyl/N-ethyl adjacent to an activating group) is 1. The van der Waals surface area contributed by atoms with Gasteiger partial charge in [0.1, 0.15) is 5.75 Å². The van der Waals surface area contributed by atoms with E-state index in [1.54, 1.807) is 7.11 Å². The van der Waals surface area contributed by atoms with Gasteiger partial charge in [0, 0.05) is 24.0 Å². The molecule has 1 atom stereocenters. The molecule has 0 aliphatic carbocycles. The van der Waals surface area contributed by atoms with Crippen molar-refractivity contribution in [3.8, 4) is 5.75 Å². The molecule has 2 aromatic rings. The van der Waals surface area contributed by atoms with Crippen molar-refractivity contribution in [1.29, 1.82) is 0 Å². The van der Waals surface area contributed by atoms with Crippen molar-refractivity contribution in [2.75, 3.05) is 14.2 Å². The molecule has 4 nitrogen and oxygen atoms in total. The molecule has 1 unspecified atom stereocenters. The van der Waals surface area contributed by atoms with Gasteiger partial charge in [0.25, 0.3) is 0 Å². The van der Waals surface area contributed by atoms with E-state index in [1.807, 2.05) is 37.8 Å². The van der Waals surface area contributed by atoms with Crippen LogP contribution in [0.1, 0.15) is 23.0 Å². The summed E-state index contributed by atoms with van der Waals surface area (Å²) in [6.07, 6.45) is 0.834. The van der Waals surface area contributed by atoms with Gasteiger partial charge in [0.2, 0.25) is 0 Å². The van der Waals surface area contributed by atoms with E-state index in [1.165, 1.54) is 11.3 Å². The summed E-state index contributed by atoms with van der Waals surface area (Å²) < 4.78 is 9.40. The van der Waals surface area contributed by atoms with Crippen molar-refractivity contribution in [2.24, 2.45) is 7.05 Å². The third-order valence-electron chi connectivity index (χ3n) is 3.59. The number of aryl methyl sites for hydroxylation is 2. The van der Waals surface area contributed by atoms with Gasteiger partial charge in [-0.15, -0.1) is 0 Å². The largest absolute Gasteiger partial charge is 0.497 e. The fourth-order valence-electron chi connectivity index (χ4n) is 2.38. The molecule has 0 saturated carbocycles. The second kappa shape index (κ2) is 6.94. The third kappa shape index (κ3) is 3.49. The van der Waals surface area contributed by atoms with Crippen LogP contribution < -0.4 is 10.1 Å². The highest BCUT2D eigenvalue weighted by molar-refractivity contribution is 9.10. The van der Waals surface area contributed by atoms with Crippen molar-refractivity contribution in [3.63, 3.8) is 0 Å². The number of nitrogens with zero attached hydrogens (tertiary/aromatic N) is 2. The Labute approximate surface area is 142 Å². The first-order valence-electron chi connectivity index (χ1n) is 6.66. The lowest BCUT2D eigenvalue weighted by molar-refractivity contribution is 0.413. The maximum Gasteiger partial charge on any atom is 0.119 e. The van der Waals surface area contributed by atoms with Crippen molar-refractivity contribution < 1.29 is 4.74 Å². The zero-order valence-corrected chi connectivity index (χ0v) is 15.7. The molecule has 1 N–H and O–H groups in total. The number of methoxy groups -OCH3 is 1. The van der Waals surface area contributed by atoms with E-state index in [9.17, 15) is 0 Å². The highest BCUT2D eigenvalue weighted by Crippen LogP contribution is 2.31. The van der Waals surface area contributed by atoms with Crippen LogP contribution in [0.2, 0.25) is 0 Å². The molecule has 0 aliphatic rings. The maximum absolute atomic E-state index is 5.33. The summed E-state index contributed by atoms with van der Waals surface area (Å²) in [6.45, 7) is 2.00. The summed E-state index contributed by atoms with van der Waals surface area (Å²) in [7, 11) is 5.62. The SMILES string of the molecule is CNC(Cc1c(Br)c(C)nn1C)c1cc(OC)ccc1Br. The Morgan fingerprint density at radius 1 is 1.38 bits per heavy atom. The number of ether oxygens (including phenoxy) is 1. The molecule has 1 aromatic heterocycles. The lowest BCUT2D eigenvalue weighted by Gasteiger charge is -2.19. The Morgan fingerprint density at radius 3 is 2.62 bits per heavy atom. The second-order valence-corrected chi connectivity index (χ2v) is 6.55. The van der Waals surface area contributed by atoms with Gasteiger partial charge >= 0.3 is 0 Å². The highest BCUT2D eigenvalue weighted by Gasteiger charge is 2.19. The van der Waals surface area contributed by atoms with Gasteiger partial charge < -0.3 is 10.1 Å². The van der Waals surface area contributed by atoms with Crippen molar-refractivity contribution in [2.45, 2.75) is 19.4 Å². The number of hydrogen-bond donors (Lipinski definition) is 1. The van der Waals surface area contributed by atoms with Crippen LogP contribution in [0.25, 0.3) is 0 Å². The van der Waals surface area contributed by atoms with Gasteiger partial charge in [-0.1, -0.05) is 15.9 Å². The van der Waals surface area contributed by atoms with E-state index >= 15 is 0 Å². The van der Waals surface area contributed by atoms with Crippen LogP contribution in [0.3, 0.4) is 0 Å². The maximum atomic E-state index is 5.33.